The number of sulfone groups is 1. The van der Waals surface area contributed by atoms with Crippen LogP contribution in [0.25, 0.3) is 0 Å². The van der Waals surface area contributed by atoms with Crippen LogP contribution in [0.1, 0.15) is 32.4 Å². The van der Waals surface area contributed by atoms with Crippen molar-refractivity contribution >= 4 is 15.8 Å². The molecule has 1 heterocycles. The third kappa shape index (κ3) is 4.81. The van der Waals surface area contributed by atoms with Gasteiger partial charge in [0, 0.05) is 25.2 Å². The fourth-order valence-corrected chi connectivity index (χ4v) is 4.63. The summed E-state index contributed by atoms with van der Waals surface area (Å²) in [5.41, 5.74) is -0.0198. The molecule has 0 bridgehead atoms. The van der Waals surface area contributed by atoms with Crippen LogP contribution in [-0.4, -0.2) is 75.0 Å². The lowest BCUT2D eigenvalue weighted by atomic mass is 10.0. The third-order valence-electron chi connectivity index (χ3n) is 5.05. The van der Waals surface area contributed by atoms with Crippen molar-refractivity contribution in [3.05, 3.63) is 35.4 Å². The van der Waals surface area contributed by atoms with Gasteiger partial charge in [0.15, 0.2) is 15.8 Å². The molecule has 0 aliphatic carbocycles. The minimum atomic E-state index is -3.17. The van der Waals surface area contributed by atoms with Crippen LogP contribution < -0.4 is 5.32 Å². The first-order chi connectivity index (χ1) is 13.0. The SMILES string of the molecule is CCNC(=NCC(c1c(F)cccc1F)N(C)C)N1CCS(=O)(=O)C(C)(C)C1. The smallest absolute Gasteiger partial charge is 0.194 e. The van der Waals surface area contributed by atoms with Crippen molar-refractivity contribution in [1.82, 2.24) is 15.1 Å². The number of hydrogen-bond donors (Lipinski definition) is 1. The van der Waals surface area contributed by atoms with Crippen molar-refractivity contribution in [2.75, 3.05) is 46.0 Å². The quantitative estimate of drug-likeness (QED) is 0.588. The molecule has 28 heavy (non-hydrogen) atoms. The molecular formula is C19H30F2N4O2S. The highest BCUT2D eigenvalue weighted by Crippen LogP contribution is 2.26. The number of benzene rings is 1. The molecule has 0 spiro atoms. The minimum absolute atomic E-state index is 0.0198. The van der Waals surface area contributed by atoms with Crippen LogP contribution in [0.2, 0.25) is 0 Å². The Kier molecular flexibility index (Phi) is 7.03. The summed E-state index contributed by atoms with van der Waals surface area (Å²) in [4.78, 5) is 8.21. The highest BCUT2D eigenvalue weighted by molar-refractivity contribution is 7.92. The number of nitrogens with one attached hydrogen (secondary N) is 1. The molecule has 1 aliphatic heterocycles. The third-order valence-corrected chi connectivity index (χ3v) is 7.58. The molecule has 1 aromatic rings. The van der Waals surface area contributed by atoms with Gasteiger partial charge in [0.25, 0.3) is 0 Å². The standard InChI is InChI=1S/C19H30F2N4O2S/c1-6-22-18(25-10-11-28(26,27)19(2,3)13-25)23-12-16(24(4)5)17-14(20)8-7-9-15(17)21/h7-9,16H,6,10-13H2,1-5H3,(H,22,23). The maximum absolute atomic E-state index is 14.3. The number of nitrogens with zero attached hydrogens (tertiary/aromatic N) is 3. The molecular weight excluding hydrogens is 386 g/mol. The largest absolute Gasteiger partial charge is 0.357 e. The molecule has 9 heteroatoms. The van der Waals surface area contributed by atoms with E-state index in [9.17, 15) is 17.2 Å². The predicted octanol–water partition coefficient (Wildman–Crippen LogP) is 2.04. The summed E-state index contributed by atoms with van der Waals surface area (Å²) in [6.07, 6.45) is 0. The van der Waals surface area contributed by atoms with Gasteiger partial charge < -0.3 is 15.1 Å². The molecule has 1 aliphatic rings. The second-order valence-corrected chi connectivity index (χ2v) is 10.6. The van der Waals surface area contributed by atoms with Gasteiger partial charge in [-0.2, -0.15) is 0 Å². The Morgan fingerprint density at radius 3 is 2.43 bits per heavy atom. The van der Waals surface area contributed by atoms with Crippen molar-refractivity contribution in [3.63, 3.8) is 0 Å². The van der Waals surface area contributed by atoms with E-state index < -0.39 is 32.3 Å². The highest BCUT2D eigenvalue weighted by Gasteiger charge is 2.41. The van der Waals surface area contributed by atoms with Crippen LogP contribution in [0.5, 0.6) is 0 Å². The van der Waals surface area contributed by atoms with Gasteiger partial charge in [-0.3, -0.25) is 4.99 Å². The Morgan fingerprint density at radius 2 is 1.93 bits per heavy atom. The van der Waals surface area contributed by atoms with Crippen LogP contribution in [-0.2, 0) is 9.84 Å². The lowest BCUT2D eigenvalue weighted by Gasteiger charge is -2.39. The molecule has 1 unspecified atom stereocenters. The summed E-state index contributed by atoms with van der Waals surface area (Å²) in [7, 11) is 0.318. The molecule has 1 saturated heterocycles. The molecule has 2 rings (SSSR count). The Hall–Kier alpha value is -1.74. The molecule has 158 valence electrons. The summed E-state index contributed by atoms with van der Waals surface area (Å²) >= 11 is 0. The van der Waals surface area contributed by atoms with Gasteiger partial charge in [0.05, 0.1) is 23.1 Å². The lowest BCUT2D eigenvalue weighted by molar-refractivity contribution is 0.287. The van der Waals surface area contributed by atoms with E-state index in [1.807, 2.05) is 11.8 Å². The fourth-order valence-electron chi connectivity index (χ4n) is 3.27. The van der Waals surface area contributed by atoms with Gasteiger partial charge in [-0.1, -0.05) is 6.07 Å². The van der Waals surface area contributed by atoms with Gasteiger partial charge in [-0.25, -0.2) is 17.2 Å². The van der Waals surface area contributed by atoms with Crippen molar-refractivity contribution in [1.29, 1.82) is 0 Å². The Morgan fingerprint density at radius 1 is 1.32 bits per heavy atom. The first kappa shape index (κ1) is 22.5. The second kappa shape index (κ2) is 8.73. The molecule has 0 radical (unpaired) electrons. The minimum Gasteiger partial charge on any atom is -0.357 e. The van der Waals surface area contributed by atoms with E-state index in [4.69, 9.17) is 0 Å². The zero-order chi connectivity index (χ0) is 21.1. The van der Waals surface area contributed by atoms with E-state index in [1.54, 1.807) is 32.8 Å². The average Bonchev–Trinajstić information content (AvgIpc) is 2.58. The van der Waals surface area contributed by atoms with E-state index >= 15 is 0 Å². The summed E-state index contributed by atoms with van der Waals surface area (Å²) in [6, 6.07) is 3.23. The van der Waals surface area contributed by atoms with Crippen LogP contribution >= 0.6 is 0 Å². The monoisotopic (exact) mass is 416 g/mol. The zero-order valence-electron chi connectivity index (χ0n) is 17.2. The number of aliphatic imine (C=N–C) groups is 1. The molecule has 1 atom stereocenters. The number of rotatable bonds is 5. The normalized spacial score (nSPS) is 20.3. The predicted molar refractivity (Wildman–Crippen MR) is 108 cm³/mol. The van der Waals surface area contributed by atoms with Gasteiger partial charge in [-0.05, 0) is 47.0 Å². The lowest BCUT2D eigenvalue weighted by Crippen LogP contribution is -2.57. The summed E-state index contributed by atoms with van der Waals surface area (Å²) in [5, 5.41) is 3.17. The van der Waals surface area contributed by atoms with Crippen LogP contribution in [0, 0.1) is 11.6 Å². The van der Waals surface area contributed by atoms with Crippen molar-refractivity contribution in [2.24, 2.45) is 4.99 Å². The van der Waals surface area contributed by atoms with Gasteiger partial charge >= 0.3 is 0 Å². The summed E-state index contributed by atoms with van der Waals surface area (Å²) in [6.45, 7) is 6.70. The highest BCUT2D eigenvalue weighted by atomic mass is 32.2. The Labute approximate surface area is 166 Å². The first-order valence-corrected chi connectivity index (χ1v) is 11.0. The van der Waals surface area contributed by atoms with E-state index in [2.05, 4.69) is 10.3 Å². The molecule has 0 saturated carbocycles. The van der Waals surface area contributed by atoms with Crippen LogP contribution in [0.3, 0.4) is 0 Å². The maximum Gasteiger partial charge on any atom is 0.194 e. The van der Waals surface area contributed by atoms with E-state index in [-0.39, 0.29) is 17.9 Å². The first-order valence-electron chi connectivity index (χ1n) is 9.36. The fraction of sp³-hybridized carbons (Fsp3) is 0.632. The number of likely N-dealkylation sites (N-methyl/N-ethyl adjacent to an activating group) is 1. The Balaban J connectivity index is 2.30. The molecule has 0 amide bonds. The van der Waals surface area contributed by atoms with Crippen molar-refractivity contribution in [3.8, 4) is 0 Å². The molecule has 1 N–H and O–H groups in total. The molecule has 6 nitrogen and oxygen atoms in total. The second-order valence-electron chi connectivity index (χ2n) is 7.81. The molecule has 1 fully saturated rings. The molecule has 0 aromatic heterocycles. The van der Waals surface area contributed by atoms with E-state index in [1.165, 1.54) is 18.2 Å². The zero-order valence-corrected chi connectivity index (χ0v) is 18.0. The number of guanidine groups is 1. The summed E-state index contributed by atoms with van der Waals surface area (Å²) in [5.74, 6) is -0.619. The summed E-state index contributed by atoms with van der Waals surface area (Å²) < 4.78 is 52.2. The molecule has 1 aromatic carbocycles. The van der Waals surface area contributed by atoms with Gasteiger partial charge in [0.1, 0.15) is 11.6 Å². The van der Waals surface area contributed by atoms with Crippen molar-refractivity contribution in [2.45, 2.75) is 31.6 Å². The van der Waals surface area contributed by atoms with Gasteiger partial charge in [-0.15, -0.1) is 0 Å². The van der Waals surface area contributed by atoms with Crippen molar-refractivity contribution < 1.29 is 17.2 Å². The number of hydrogen-bond acceptors (Lipinski definition) is 4. The Bertz CT molecular complexity index is 805. The van der Waals surface area contributed by atoms with Crippen LogP contribution in [0.4, 0.5) is 8.78 Å². The maximum atomic E-state index is 14.3. The van der Waals surface area contributed by atoms with Crippen LogP contribution in [0.15, 0.2) is 23.2 Å². The topological polar surface area (TPSA) is 65.0 Å². The average molecular weight is 417 g/mol. The van der Waals surface area contributed by atoms with E-state index in [0.717, 1.165) is 0 Å². The van der Waals surface area contributed by atoms with Gasteiger partial charge in [0.2, 0.25) is 0 Å². The van der Waals surface area contributed by atoms with E-state index in [0.29, 0.717) is 25.6 Å². The number of halogens is 2.